The molecule has 16 heavy (non-hydrogen) atoms. The molecule has 1 aromatic rings. The molecule has 0 N–H and O–H groups in total. The molecule has 0 heterocycles. The fourth-order valence-electron chi connectivity index (χ4n) is 1.43. The van der Waals surface area contributed by atoms with Gasteiger partial charge in [0.05, 0.1) is 11.0 Å². The van der Waals surface area contributed by atoms with Crippen LogP contribution < -0.4 is 0 Å². The van der Waals surface area contributed by atoms with Gasteiger partial charge in [-0.05, 0) is 32.4 Å². The Morgan fingerprint density at radius 3 is 2.44 bits per heavy atom. The van der Waals surface area contributed by atoms with Crippen LogP contribution in [0, 0.1) is 6.92 Å². The first-order chi connectivity index (χ1) is 7.45. The summed E-state index contributed by atoms with van der Waals surface area (Å²) in [7, 11) is -2.77. The summed E-state index contributed by atoms with van der Waals surface area (Å²) in [5.74, 6) is 0. The molecule has 1 rings (SSSR count). The normalized spacial score (nSPS) is 16.7. The minimum Gasteiger partial charge on any atom is -0.283 e. The maximum Gasteiger partial charge on any atom is 0.173 e. The van der Waals surface area contributed by atoms with Crippen LogP contribution in [0.2, 0.25) is 0 Å². The monoisotopic (exact) mass is 258 g/mol. The molecule has 0 aliphatic heterocycles. The second-order valence-electron chi connectivity index (χ2n) is 3.96. The summed E-state index contributed by atoms with van der Waals surface area (Å²) in [4.78, 5) is 0.594. The van der Waals surface area contributed by atoms with Gasteiger partial charge in [0.1, 0.15) is 0 Å². The molecule has 0 aliphatic carbocycles. The molecule has 90 valence electrons. The van der Waals surface area contributed by atoms with E-state index in [-0.39, 0.29) is 6.10 Å². The number of aryl methyl sites for hydroxylation is 1. The van der Waals surface area contributed by atoms with Gasteiger partial charge in [-0.25, -0.2) is 4.21 Å². The Labute approximate surface area is 103 Å². The van der Waals surface area contributed by atoms with Gasteiger partial charge in [0.25, 0.3) is 0 Å². The van der Waals surface area contributed by atoms with E-state index in [0.29, 0.717) is 4.90 Å². The first-order valence-electron chi connectivity index (χ1n) is 5.45. The summed E-state index contributed by atoms with van der Waals surface area (Å²) in [6, 6.07) is 7.36. The van der Waals surface area contributed by atoms with Gasteiger partial charge in [-0.15, -0.1) is 0 Å². The smallest absolute Gasteiger partial charge is 0.173 e. The lowest BCUT2D eigenvalue weighted by Gasteiger charge is -2.14. The van der Waals surface area contributed by atoms with E-state index in [4.69, 9.17) is 15.4 Å². The lowest BCUT2D eigenvalue weighted by Crippen LogP contribution is -2.14. The lowest BCUT2D eigenvalue weighted by atomic mass is 10.2. The highest BCUT2D eigenvalue weighted by Gasteiger charge is 2.14. The standard InChI is InChI=1S/C12H18O2S2/c1-4-5-11(3)14-16(13,15)12-8-6-10(2)7-9-12/h6-9,11H,4-5H2,1-3H3. The average molecular weight is 258 g/mol. The van der Waals surface area contributed by atoms with E-state index < -0.39 is 8.77 Å². The first-order valence-corrected chi connectivity index (χ1v) is 7.86. The molecule has 0 fully saturated rings. The van der Waals surface area contributed by atoms with E-state index in [2.05, 4.69) is 6.92 Å². The van der Waals surface area contributed by atoms with Crippen LogP contribution in [-0.2, 0) is 24.1 Å². The Balaban J connectivity index is 2.82. The summed E-state index contributed by atoms with van der Waals surface area (Å²) >= 11 is 5.05. The Bertz CT molecular complexity index is 421. The molecular formula is C12H18O2S2. The summed E-state index contributed by atoms with van der Waals surface area (Å²) in [6.07, 6.45) is 1.82. The van der Waals surface area contributed by atoms with Gasteiger partial charge in [-0.1, -0.05) is 31.0 Å². The lowest BCUT2D eigenvalue weighted by molar-refractivity contribution is 0.233. The van der Waals surface area contributed by atoms with Crippen LogP contribution in [0.4, 0.5) is 0 Å². The molecule has 0 amide bonds. The zero-order valence-corrected chi connectivity index (χ0v) is 11.6. The molecule has 2 unspecified atom stereocenters. The Morgan fingerprint density at radius 1 is 1.38 bits per heavy atom. The number of hydrogen-bond acceptors (Lipinski definition) is 3. The van der Waals surface area contributed by atoms with E-state index in [9.17, 15) is 4.21 Å². The molecule has 2 nitrogen and oxygen atoms in total. The summed E-state index contributed by atoms with van der Waals surface area (Å²) < 4.78 is 17.6. The van der Waals surface area contributed by atoms with Crippen LogP contribution in [0.1, 0.15) is 32.3 Å². The van der Waals surface area contributed by atoms with Crippen molar-refractivity contribution in [3.8, 4) is 0 Å². The van der Waals surface area contributed by atoms with Gasteiger partial charge in [-0.3, -0.25) is 4.18 Å². The van der Waals surface area contributed by atoms with Crippen molar-refractivity contribution in [3.63, 3.8) is 0 Å². The van der Waals surface area contributed by atoms with Gasteiger partial charge in [0.15, 0.2) is 8.77 Å². The molecule has 4 heteroatoms. The zero-order valence-electron chi connectivity index (χ0n) is 9.93. The minimum absolute atomic E-state index is 0.0590. The second kappa shape index (κ2) is 5.75. The van der Waals surface area contributed by atoms with Gasteiger partial charge < -0.3 is 0 Å². The molecule has 0 saturated heterocycles. The van der Waals surface area contributed by atoms with Crippen LogP contribution in [0.15, 0.2) is 29.2 Å². The summed E-state index contributed by atoms with van der Waals surface area (Å²) in [6.45, 7) is 5.95. The highest BCUT2D eigenvalue weighted by molar-refractivity contribution is 8.30. The van der Waals surface area contributed by atoms with Crippen LogP contribution in [-0.4, -0.2) is 10.3 Å². The second-order valence-corrected chi connectivity index (χ2v) is 6.85. The van der Waals surface area contributed by atoms with Crippen molar-refractivity contribution in [2.75, 3.05) is 0 Å². The highest BCUT2D eigenvalue weighted by atomic mass is 32.8. The molecule has 0 bridgehead atoms. The van der Waals surface area contributed by atoms with Crippen molar-refractivity contribution in [3.05, 3.63) is 29.8 Å². The molecule has 0 radical (unpaired) electrons. The zero-order chi connectivity index (χ0) is 12.2. The van der Waals surface area contributed by atoms with E-state index in [1.807, 2.05) is 26.0 Å². The Morgan fingerprint density at radius 2 is 1.94 bits per heavy atom. The Kier molecular flexibility index (Phi) is 4.89. The van der Waals surface area contributed by atoms with E-state index in [1.54, 1.807) is 12.1 Å². The van der Waals surface area contributed by atoms with Crippen LogP contribution in [0.25, 0.3) is 0 Å². The van der Waals surface area contributed by atoms with Crippen molar-refractivity contribution in [2.45, 2.75) is 44.6 Å². The van der Waals surface area contributed by atoms with Crippen molar-refractivity contribution in [2.24, 2.45) is 0 Å². The molecular weight excluding hydrogens is 240 g/mol. The third kappa shape index (κ3) is 3.85. The summed E-state index contributed by atoms with van der Waals surface area (Å²) in [5, 5.41) is 0. The quantitative estimate of drug-likeness (QED) is 0.811. The Hall–Kier alpha value is -0.450. The fourth-order valence-corrected chi connectivity index (χ4v) is 3.28. The van der Waals surface area contributed by atoms with E-state index in [1.165, 1.54) is 0 Å². The number of rotatable bonds is 5. The number of benzene rings is 1. The van der Waals surface area contributed by atoms with Crippen LogP contribution >= 0.6 is 0 Å². The van der Waals surface area contributed by atoms with Gasteiger partial charge >= 0.3 is 0 Å². The minimum atomic E-state index is -2.77. The van der Waals surface area contributed by atoms with Crippen molar-refractivity contribution in [1.29, 1.82) is 0 Å². The molecule has 0 spiro atoms. The first kappa shape index (κ1) is 13.6. The van der Waals surface area contributed by atoms with Gasteiger partial charge in [0, 0.05) is 11.2 Å². The van der Waals surface area contributed by atoms with Gasteiger partial charge in [0.2, 0.25) is 0 Å². The average Bonchev–Trinajstić information content (AvgIpc) is 2.17. The SMILES string of the molecule is CCCC(C)OS(=O)(=S)c1ccc(C)cc1. The molecule has 1 aromatic carbocycles. The summed E-state index contributed by atoms with van der Waals surface area (Å²) in [5.41, 5.74) is 1.12. The third-order valence-electron chi connectivity index (χ3n) is 2.30. The largest absolute Gasteiger partial charge is 0.283 e. The van der Waals surface area contributed by atoms with Crippen molar-refractivity contribution < 1.29 is 8.39 Å². The van der Waals surface area contributed by atoms with E-state index in [0.717, 1.165) is 18.4 Å². The predicted octanol–water partition coefficient (Wildman–Crippen LogP) is 3.22. The molecule has 2 atom stereocenters. The van der Waals surface area contributed by atoms with Crippen molar-refractivity contribution in [1.82, 2.24) is 0 Å². The maximum atomic E-state index is 12.2. The molecule has 0 saturated carbocycles. The van der Waals surface area contributed by atoms with Gasteiger partial charge in [-0.2, -0.15) is 0 Å². The third-order valence-corrected chi connectivity index (χ3v) is 4.54. The molecule has 0 aromatic heterocycles. The number of hydrogen-bond donors (Lipinski definition) is 0. The highest BCUT2D eigenvalue weighted by Crippen LogP contribution is 2.17. The fraction of sp³-hybridized carbons (Fsp3) is 0.500. The van der Waals surface area contributed by atoms with Crippen molar-refractivity contribution >= 4 is 20.0 Å². The van der Waals surface area contributed by atoms with Crippen LogP contribution in [0.3, 0.4) is 0 Å². The van der Waals surface area contributed by atoms with Crippen LogP contribution in [0.5, 0.6) is 0 Å². The maximum absolute atomic E-state index is 12.2. The predicted molar refractivity (Wildman–Crippen MR) is 70.4 cm³/mol. The molecule has 0 aliphatic rings. The topological polar surface area (TPSA) is 26.3 Å². The van der Waals surface area contributed by atoms with E-state index >= 15 is 0 Å².